The molecule has 1 fully saturated rings. The fourth-order valence-electron chi connectivity index (χ4n) is 3.41. The molecule has 0 radical (unpaired) electrons. The molecule has 1 saturated heterocycles. The van der Waals surface area contributed by atoms with E-state index in [1.165, 1.54) is 6.07 Å². The highest BCUT2D eigenvalue weighted by atomic mass is 19.4. The van der Waals surface area contributed by atoms with E-state index in [2.05, 4.69) is 4.90 Å². The summed E-state index contributed by atoms with van der Waals surface area (Å²) < 4.78 is 53.5. The number of aromatic nitrogens is 1. The van der Waals surface area contributed by atoms with Crippen LogP contribution in [-0.4, -0.2) is 48.9 Å². The third kappa shape index (κ3) is 4.84. The van der Waals surface area contributed by atoms with Crippen molar-refractivity contribution in [1.29, 1.82) is 0 Å². The van der Waals surface area contributed by atoms with Crippen LogP contribution in [0.1, 0.15) is 17.5 Å². The third-order valence-electron chi connectivity index (χ3n) is 4.82. The second-order valence-electron chi connectivity index (χ2n) is 6.82. The summed E-state index contributed by atoms with van der Waals surface area (Å²) >= 11 is 0. The number of ether oxygens (including phenoxy) is 2. The molecule has 0 atom stereocenters. The van der Waals surface area contributed by atoms with Crippen LogP contribution in [0.3, 0.4) is 0 Å². The fraction of sp³-hybridized carbons (Fsp3) is 0.500. The number of alkyl halides is 3. The van der Waals surface area contributed by atoms with Gasteiger partial charge in [-0.05, 0) is 43.2 Å². The first-order valence-corrected chi connectivity index (χ1v) is 9.12. The van der Waals surface area contributed by atoms with Gasteiger partial charge in [-0.1, -0.05) is 0 Å². The van der Waals surface area contributed by atoms with Crippen molar-refractivity contribution in [1.82, 2.24) is 9.47 Å². The van der Waals surface area contributed by atoms with Crippen molar-refractivity contribution in [3.05, 3.63) is 41.6 Å². The number of hydrogen-bond donors (Lipinski definition) is 0. The lowest BCUT2D eigenvalue weighted by molar-refractivity contribution is -0.137. The quantitative estimate of drug-likeness (QED) is 0.703. The standard InChI is InChI=1S/C20H25F3N2O2/c1-15-6-8-24(2)19(15)17-5-4-16(14-18(17)20(21,22)23)27-11-3-7-25-9-12-26-13-10-25/h4-6,8,14H,3,7,9-13H2,1-2H3. The highest BCUT2D eigenvalue weighted by Gasteiger charge is 2.35. The topological polar surface area (TPSA) is 26.6 Å². The molecule has 0 spiro atoms. The fourth-order valence-corrected chi connectivity index (χ4v) is 3.41. The summed E-state index contributed by atoms with van der Waals surface area (Å²) in [4.78, 5) is 2.27. The Hall–Kier alpha value is -1.99. The van der Waals surface area contributed by atoms with E-state index in [1.807, 2.05) is 13.0 Å². The van der Waals surface area contributed by atoms with Crippen LogP contribution in [-0.2, 0) is 18.0 Å². The monoisotopic (exact) mass is 382 g/mol. The summed E-state index contributed by atoms with van der Waals surface area (Å²) in [5.41, 5.74) is 0.884. The third-order valence-corrected chi connectivity index (χ3v) is 4.82. The van der Waals surface area contributed by atoms with Gasteiger partial charge in [-0.3, -0.25) is 4.90 Å². The van der Waals surface area contributed by atoms with Gasteiger partial charge in [0.1, 0.15) is 5.75 Å². The molecule has 0 N–H and O–H groups in total. The summed E-state index contributed by atoms with van der Waals surface area (Å²) in [5, 5.41) is 0. The maximum atomic E-state index is 13.6. The highest BCUT2D eigenvalue weighted by molar-refractivity contribution is 5.69. The van der Waals surface area contributed by atoms with Crippen molar-refractivity contribution in [3.8, 4) is 17.0 Å². The molecule has 0 unspecified atom stereocenters. The van der Waals surface area contributed by atoms with Crippen LogP contribution in [0.2, 0.25) is 0 Å². The van der Waals surface area contributed by atoms with Crippen LogP contribution in [0, 0.1) is 6.92 Å². The smallest absolute Gasteiger partial charge is 0.417 e. The zero-order chi connectivity index (χ0) is 19.4. The van der Waals surface area contributed by atoms with Gasteiger partial charge in [0.15, 0.2) is 0 Å². The van der Waals surface area contributed by atoms with Crippen LogP contribution >= 0.6 is 0 Å². The van der Waals surface area contributed by atoms with Crippen molar-refractivity contribution >= 4 is 0 Å². The molecule has 2 aromatic rings. The van der Waals surface area contributed by atoms with Crippen LogP contribution in [0.15, 0.2) is 30.5 Å². The summed E-state index contributed by atoms with van der Waals surface area (Å²) in [7, 11) is 1.75. The molecular weight excluding hydrogens is 357 g/mol. The van der Waals surface area contributed by atoms with Gasteiger partial charge in [0, 0.05) is 38.4 Å². The van der Waals surface area contributed by atoms with E-state index >= 15 is 0 Å². The lowest BCUT2D eigenvalue weighted by atomic mass is 10.0. The van der Waals surface area contributed by atoms with Gasteiger partial charge in [0.2, 0.25) is 0 Å². The molecule has 1 aromatic heterocycles. The van der Waals surface area contributed by atoms with Crippen molar-refractivity contribution in [3.63, 3.8) is 0 Å². The zero-order valence-electron chi connectivity index (χ0n) is 15.7. The molecule has 27 heavy (non-hydrogen) atoms. The number of rotatable bonds is 6. The Morgan fingerprint density at radius 1 is 1.15 bits per heavy atom. The number of benzene rings is 1. The van der Waals surface area contributed by atoms with E-state index in [1.54, 1.807) is 23.9 Å². The molecule has 0 amide bonds. The van der Waals surface area contributed by atoms with Gasteiger partial charge in [-0.2, -0.15) is 13.2 Å². The molecule has 0 bridgehead atoms. The Bertz CT molecular complexity index is 746. The summed E-state index contributed by atoms with van der Waals surface area (Å²) in [5.74, 6) is 0.250. The zero-order valence-corrected chi connectivity index (χ0v) is 15.7. The first-order chi connectivity index (χ1) is 12.9. The molecular formula is C20H25F3N2O2. The first kappa shape index (κ1) is 19.8. The summed E-state index contributed by atoms with van der Waals surface area (Å²) in [6.45, 7) is 6.30. The molecule has 1 aliphatic heterocycles. The second kappa shape index (κ2) is 8.35. The van der Waals surface area contributed by atoms with Gasteiger partial charge in [0.05, 0.1) is 31.1 Å². The SMILES string of the molecule is Cc1ccn(C)c1-c1ccc(OCCCN2CCOCC2)cc1C(F)(F)F. The second-order valence-corrected chi connectivity index (χ2v) is 6.82. The van der Waals surface area contributed by atoms with E-state index in [4.69, 9.17) is 9.47 Å². The number of morpholine rings is 1. The number of nitrogens with zero attached hydrogens (tertiary/aromatic N) is 2. The lowest BCUT2D eigenvalue weighted by Crippen LogP contribution is -2.37. The summed E-state index contributed by atoms with van der Waals surface area (Å²) in [6, 6.07) is 6.04. The van der Waals surface area contributed by atoms with E-state index in [0.29, 0.717) is 12.3 Å². The van der Waals surface area contributed by atoms with Crippen molar-refractivity contribution in [2.45, 2.75) is 19.5 Å². The minimum absolute atomic E-state index is 0.174. The molecule has 7 heteroatoms. The van der Waals surface area contributed by atoms with Gasteiger partial charge < -0.3 is 14.0 Å². The molecule has 1 aliphatic rings. The number of halogens is 3. The molecule has 148 valence electrons. The van der Waals surface area contributed by atoms with E-state index < -0.39 is 11.7 Å². The summed E-state index contributed by atoms with van der Waals surface area (Å²) in [6.07, 6.45) is -1.92. The van der Waals surface area contributed by atoms with Crippen LogP contribution < -0.4 is 4.74 Å². The maximum Gasteiger partial charge on any atom is 0.417 e. The van der Waals surface area contributed by atoms with Crippen molar-refractivity contribution in [2.75, 3.05) is 39.5 Å². The molecule has 1 aromatic carbocycles. The Labute approximate surface area is 157 Å². The Morgan fingerprint density at radius 2 is 1.89 bits per heavy atom. The maximum absolute atomic E-state index is 13.6. The van der Waals surface area contributed by atoms with Crippen LogP contribution in [0.4, 0.5) is 13.2 Å². The average molecular weight is 382 g/mol. The predicted octanol–water partition coefficient (Wildman–Crippen LogP) is 4.12. The van der Waals surface area contributed by atoms with E-state index in [-0.39, 0.29) is 11.3 Å². The van der Waals surface area contributed by atoms with Crippen molar-refractivity contribution in [2.24, 2.45) is 7.05 Å². The Kier molecular flexibility index (Phi) is 6.11. The molecule has 2 heterocycles. The minimum atomic E-state index is -4.45. The van der Waals surface area contributed by atoms with Gasteiger partial charge in [-0.15, -0.1) is 0 Å². The van der Waals surface area contributed by atoms with Gasteiger partial charge >= 0.3 is 6.18 Å². The molecule has 0 saturated carbocycles. The number of hydrogen-bond acceptors (Lipinski definition) is 3. The predicted molar refractivity (Wildman–Crippen MR) is 98.0 cm³/mol. The van der Waals surface area contributed by atoms with Crippen molar-refractivity contribution < 1.29 is 22.6 Å². The Morgan fingerprint density at radius 3 is 2.52 bits per heavy atom. The largest absolute Gasteiger partial charge is 0.494 e. The Balaban J connectivity index is 1.70. The van der Waals surface area contributed by atoms with Crippen LogP contribution in [0.5, 0.6) is 5.75 Å². The molecule has 3 rings (SSSR count). The van der Waals surface area contributed by atoms with E-state index in [0.717, 1.165) is 50.9 Å². The minimum Gasteiger partial charge on any atom is -0.494 e. The highest BCUT2D eigenvalue weighted by Crippen LogP contribution is 2.40. The van der Waals surface area contributed by atoms with Crippen LogP contribution in [0.25, 0.3) is 11.3 Å². The first-order valence-electron chi connectivity index (χ1n) is 9.12. The number of aryl methyl sites for hydroxylation is 2. The van der Waals surface area contributed by atoms with E-state index in [9.17, 15) is 13.2 Å². The molecule has 0 aliphatic carbocycles. The lowest BCUT2D eigenvalue weighted by Gasteiger charge is -2.26. The van der Waals surface area contributed by atoms with Gasteiger partial charge in [0.25, 0.3) is 0 Å². The average Bonchev–Trinajstić information content (AvgIpc) is 2.97. The normalized spacial score (nSPS) is 15.9. The van der Waals surface area contributed by atoms with Gasteiger partial charge in [-0.25, -0.2) is 0 Å². The molecule has 4 nitrogen and oxygen atoms in total.